The van der Waals surface area contributed by atoms with Crippen LogP contribution >= 0.6 is 23.7 Å². The number of benzene rings is 1. The molecule has 0 amide bonds. The Labute approximate surface area is 202 Å². The predicted molar refractivity (Wildman–Crippen MR) is 124 cm³/mol. The Morgan fingerprint density at radius 2 is 2.09 bits per heavy atom. The number of hydrogen-bond donors (Lipinski definition) is 3. The number of nitrogens with one attached hydrogen (secondary N) is 2. The first-order chi connectivity index (χ1) is 16.2. The first-order valence-electron chi connectivity index (χ1n) is 10.00. The van der Waals surface area contributed by atoms with Gasteiger partial charge in [0, 0.05) is 12.6 Å². The van der Waals surface area contributed by atoms with Crippen molar-refractivity contribution in [3.8, 4) is 5.75 Å². The second-order valence-corrected chi connectivity index (χ2v) is 9.36. The zero-order valence-electron chi connectivity index (χ0n) is 18.1. The number of para-hydroxylation sites is 1. The summed E-state index contributed by atoms with van der Waals surface area (Å²) in [5.74, 6) is -0.555. The Hall–Kier alpha value is -2.54. The van der Waals surface area contributed by atoms with E-state index in [2.05, 4.69) is 30.7 Å². The van der Waals surface area contributed by atoms with Crippen molar-refractivity contribution in [3.05, 3.63) is 67.9 Å². The van der Waals surface area contributed by atoms with Gasteiger partial charge in [-0.05, 0) is 30.1 Å². The lowest BCUT2D eigenvalue weighted by atomic mass is 10.2. The first kappa shape index (κ1) is 26.1. The van der Waals surface area contributed by atoms with Crippen LogP contribution in [0.5, 0.6) is 5.75 Å². The summed E-state index contributed by atoms with van der Waals surface area (Å²) >= 11 is 3.06. The lowest BCUT2D eigenvalue weighted by Crippen LogP contribution is -2.37. The van der Waals surface area contributed by atoms with Crippen molar-refractivity contribution < 1.29 is 33.0 Å². The minimum Gasteiger partial charge on any atom is -0.468 e. The molecule has 1 aromatic carbocycles. The van der Waals surface area contributed by atoms with E-state index in [1.165, 1.54) is 43.4 Å². The smallest absolute Gasteiger partial charge is 0.461 e. The maximum Gasteiger partial charge on any atom is 0.461 e. The number of aliphatic hydroxyl groups excluding tert-OH is 1. The number of carbonyl (C=O) groups is 1. The highest BCUT2D eigenvalue weighted by molar-refractivity contribution is 9.11. The molecule has 0 aliphatic carbocycles. The Kier molecular flexibility index (Phi) is 8.63. The quantitative estimate of drug-likeness (QED) is 0.305. The summed E-state index contributed by atoms with van der Waals surface area (Å²) < 4.78 is 35.9. The highest BCUT2D eigenvalue weighted by Crippen LogP contribution is 2.48. The average molecular weight is 560 g/mol. The van der Waals surface area contributed by atoms with E-state index in [1.807, 2.05) is 0 Å². The lowest BCUT2D eigenvalue weighted by molar-refractivity contribution is -0.143. The molecular formula is C20H23BrN3O9P. The van der Waals surface area contributed by atoms with E-state index >= 15 is 0 Å². The van der Waals surface area contributed by atoms with Crippen molar-refractivity contribution in [1.29, 1.82) is 0 Å². The summed E-state index contributed by atoms with van der Waals surface area (Å²) in [5, 5.41) is 13.0. The minimum atomic E-state index is -4.31. The fourth-order valence-electron chi connectivity index (χ4n) is 3.10. The number of esters is 1. The molecule has 3 N–H and O–H groups in total. The normalized spacial score (nSPS) is 22.9. The molecule has 0 spiro atoms. The molecule has 0 radical (unpaired) electrons. The molecule has 184 valence electrons. The first-order valence-corrected chi connectivity index (χ1v) is 12.5. The van der Waals surface area contributed by atoms with E-state index in [9.17, 15) is 24.1 Å². The number of ether oxygens (including phenoxy) is 2. The molecule has 0 saturated carbocycles. The van der Waals surface area contributed by atoms with Crippen LogP contribution in [-0.4, -0.2) is 46.2 Å². The summed E-state index contributed by atoms with van der Waals surface area (Å²) in [6.07, 6.45) is -1.29. The number of H-pyrrole nitrogens is 1. The molecule has 12 nitrogen and oxygen atoms in total. The van der Waals surface area contributed by atoms with Gasteiger partial charge in [0.2, 0.25) is 0 Å². The van der Waals surface area contributed by atoms with Gasteiger partial charge in [-0.3, -0.25) is 23.7 Å². The number of halogens is 1. The zero-order chi connectivity index (χ0) is 24.9. The number of hydrogen-bond acceptors (Lipinski definition) is 9. The van der Waals surface area contributed by atoms with Gasteiger partial charge in [0.05, 0.1) is 12.7 Å². The molecule has 1 fully saturated rings. The third-order valence-corrected chi connectivity index (χ3v) is 6.62. The van der Waals surface area contributed by atoms with E-state index in [1.54, 1.807) is 18.2 Å². The van der Waals surface area contributed by atoms with Gasteiger partial charge >= 0.3 is 19.4 Å². The average Bonchev–Trinajstić information content (AvgIpc) is 3.14. The largest absolute Gasteiger partial charge is 0.468 e. The van der Waals surface area contributed by atoms with Gasteiger partial charge in [0.25, 0.3) is 5.56 Å². The van der Waals surface area contributed by atoms with Gasteiger partial charge in [-0.15, -0.1) is 0 Å². The summed E-state index contributed by atoms with van der Waals surface area (Å²) in [7, 11) is -3.14. The van der Waals surface area contributed by atoms with E-state index in [-0.39, 0.29) is 17.7 Å². The SMILES string of the molecule is COC(=O)[C@H](C)NP(=O)(Oc1ccccc1)O[C@@H]1OC(n2cc(/C=C/Br)c(=O)[nH]c2=O)C[C@@H]1O. The standard InChI is InChI=1S/C20H23BrN3O9P/c1-12(18(27)30-2)23-34(29,32-14-6-4-3-5-7-14)33-19-15(25)10-16(31-19)24-11-13(8-9-21)17(26)22-20(24)28/h3-9,11-12,15-16,19,25H,10H2,1-2H3,(H,23,29)(H,22,26,28)/b9-8+/t12-,15-,16?,19-,34?/m0/s1. The van der Waals surface area contributed by atoms with E-state index in [0.717, 1.165) is 4.57 Å². The van der Waals surface area contributed by atoms with Gasteiger partial charge in [-0.25, -0.2) is 9.36 Å². The molecule has 1 aliphatic heterocycles. The zero-order valence-corrected chi connectivity index (χ0v) is 20.6. The fraction of sp³-hybridized carbons (Fsp3) is 0.350. The van der Waals surface area contributed by atoms with Crippen LogP contribution in [0, 0.1) is 0 Å². The Morgan fingerprint density at radius 1 is 1.38 bits per heavy atom. The molecule has 1 saturated heterocycles. The van der Waals surface area contributed by atoms with Crippen LogP contribution < -0.4 is 20.9 Å². The molecule has 5 atom stereocenters. The second-order valence-electron chi connectivity index (χ2n) is 7.19. The van der Waals surface area contributed by atoms with Crippen LogP contribution in [0.4, 0.5) is 0 Å². The highest BCUT2D eigenvalue weighted by Gasteiger charge is 2.43. The van der Waals surface area contributed by atoms with Crippen LogP contribution in [0.1, 0.15) is 25.1 Å². The van der Waals surface area contributed by atoms with Crippen LogP contribution in [-0.2, 0) is 23.4 Å². The molecule has 1 aromatic heterocycles. The number of methoxy groups -OCH3 is 1. The van der Waals surface area contributed by atoms with Crippen molar-refractivity contribution in [2.75, 3.05) is 7.11 Å². The molecule has 34 heavy (non-hydrogen) atoms. The summed E-state index contributed by atoms with van der Waals surface area (Å²) in [5.41, 5.74) is -1.22. The van der Waals surface area contributed by atoms with Crippen molar-refractivity contribution in [1.82, 2.24) is 14.6 Å². The number of aromatic nitrogens is 2. The maximum atomic E-state index is 13.5. The maximum absolute atomic E-state index is 13.5. The van der Waals surface area contributed by atoms with Gasteiger partial charge in [-0.2, -0.15) is 5.09 Å². The van der Waals surface area contributed by atoms with E-state index in [4.69, 9.17) is 13.8 Å². The number of carbonyl (C=O) groups excluding carboxylic acids is 1. The molecule has 3 rings (SSSR count). The van der Waals surface area contributed by atoms with Gasteiger partial charge in [0.1, 0.15) is 24.1 Å². The van der Waals surface area contributed by atoms with Crippen molar-refractivity contribution >= 4 is 35.7 Å². The van der Waals surface area contributed by atoms with Crippen LogP contribution in [0.25, 0.3) is 6.08 Å². The summed E-state index contributed by atoms with van der Waals surface area (Å²) in [6.45, 7) is 1.39. The van der Waals surface area contributed by atoms with Crippen LogP contribution in [0.2, 0.25) is 0 Å². The molecule has 2 unspecified atom stereocenters. The third kappa shape index (κ3) is 6.32. The van der Waals surface area contributed by atoms with Gasteiger partial charge < -0.3 is 19.1 Å². The van der Waals surface area contributed by atoms with Crippen molar-refractivity contribution in [2.24, 2.45) is 0 Å². The van der Waals surface area contributed by atoms with E-state index in [0.29, 0.717) is 0 Å². The van der Waals surface area contributed by atoms with Crippen LogP contribution in [0.15, 0.2) is 51.1 Å². The number of nitrogens with zero attached hydrogens (tertiary/aromatic N) is 1. The third-order valence-electron chi connectivity index (χ3n) is 4.71. The topological polar surface area (TPSA) is 158 Å². The minimum absolute atomic E-state index is 0.119. The Bertz CT molecular complexity index is 1200. The fourth-order valence-corrected chi connectivity index (χ4v) is 4.98. The summed E-state index contributed by atoms with van der Waals surface area (Å²) in [4.78, 5) is 39.7. The molecule has 2 heterocycles. The number of aliphatic hydroxyl groups is 1. The van der Waals surface area contributed by atoms with E-state index < -0.39 is 49.6 Å². The molecular weight excluding hydrogens is 537 g/mol. The monoisotopic (exact) mass is 559 g/mol. The molecule has 14 heteroatoms. The second kappa shape index (κ2) is 11.3. The highest BCUT2D eigenvalue weighted by atomic mass is 79.9. The summed E-state index contributed by atoms with van der Waals surface area (Å²) in [6, 6.07) is 6.96. The number of rotatable bonds is 9. The molecule has 2 aromatic rings. The molecule has 0 bridgehead atoms. The predicted octanol–water partition coefficient (Wildman–Crippen LogP) is 1.86. The number of aromatic amines is 1. The lowest BCUT2D eigenvalue weighted by Gasteiger charge is -2.26. The Balaban J connectivity index is 1.85. The van der Waals surface area contributed by atoms with Crippen molar-refractivity contribution in [2.45, 2.75) is 38.0 Å². The Morgan fingerprint density at radius 3 is 2.74 bits per heavy atom. The van der Waals surface area contributed by atoms with Crippen molar-refractivity contribution in [3.63, 3.8) is 0 Å². The van der Waals surface area contributed by atoms with Gasteiger partial charge in [-0.1, -0.05) is 34.1 Å². The van der Waals surface area contributed by atoms with Crippen LogP contribution in [0.3, 0.4) is 0 Å². The van der Waals surface area contributed by atoms with Gasteiger partial charge in [0.15, 0.2) is 6.29 Å². The molecule has 1 aliphatic rings.